The Bertz CT molecular complexity index is 456. The molecule has 96 valence electrons. The van der Waals surface area contributed by atoms with Gasteiger partial charge < -0.3 is 10.1 Å². The summed E-state index contributed by atoms with van der Waals surface area (Å²) in [7, 11) is 0. The fourth-order valence-corrected chi connectivity index (χ4v) is 2.32. The van der Waals surface area contributed by atoms with Crippen molar-refractivity contribution in [2.45, 2.75) is 19.9 Å². The average Bonchev–Trinajstić information content (AvgIpc) is 2.81. The predicted molar refractivity (Wildman–Crippen MR) is 75.1 cm³/mol. The average molecular weight is 262 g/mol. The number of ether oxygens (including phenoxy) is 1. The summed E-state index contributed by atoms with van der Waals surface area (Å²) in [5.74, 6) is 0.938. The maximum atomic E-state index is 5.61. The van der Waals surface area contributed by atoms with Crippen molar-refractivity contribution in [2.24, 2.45) is 0 Å². The Morgan fingerprint density at radius 2 is 2.11 bits per heavy atom. The maximum Gasteiger partial charge on any atom is 0.119 e. The third kappa shape index (κ3) is 4.47. The molecule has 3 nitrogen and oxygen atoms in total. The van der Waals surface area contributed by atoms with Gasteiger partial charge in [0.05, 0.1) is 6.61 Å². The molecule has 2 aromatic rings. The number of aromatic nitrogens is 1. The van der Waals surface area contributed by atoms with E-state index in [2.05, 4.69) is 15.7 Å². The number of rotatable bonds is 7. The zero-order valence-electron chi connectivity index (χ0n) is 10.6. The van der Waals surface area contributed by atoms with Crippen LogP contribution in [0.4, 0.5) is 0 Å². The van der Waals surface area contributed by atoms with Crippen LogP contribution in [0.25, 0.3) is 0 Å². The summed E-state index contributed by atoms with van der Waals surface area (Å²) in [6.07, 6.45) is 0.999. The van der Waals surface area contributed by atoms with Gasteiger partial charge in [-0.3, -0.25) is 0 Å². The highest BCUT2D eigenvalue weighted by molar-refractivity contribution is 7.09. The van der Waals surface area contributed by atoms with Gasteiger partial charge in [0, 0.05) is 17.6 Å². The van der Waals surface area contributed by atoms with Crippen molar-refractivity contribution >= 4 is 11.3 Å². The molecule has 0 aliphatic carbocycles. The van der Waals surface area contributed by atoms with E-state index in [4.69, 9.17) is 4.74 Å². The van der Waals surface area contributed by atoms with Crippen LogP contribution in [0.15, 0.2) is 35.7 Å². The summed E-state index contributed by atoms with van der Waals surface area (Å²) in [5, 5.41) is 6.60. The lowest BCUT2D eigenvalue weighted by atomic mass is 10.3. The summed E-state index contributed by atoms with van der Waals surface area (Å²) in [6, 6.07) is 9.92. The van der Waals surface area contributed by atoms with Crippen molar-refractivity contribution < 1.29 is 4.74 Å². The van der Waals surface area contributed by atoms with Crippen LogP contribution in [-0.2, 0) is 6.54 Å². The number of thiazole rings is 1. The lowest BCUT2D eigenvalue weighted by Gasteiger charge is -2.06. The van der Waals surface area contributed by atoms with Gasteiger partial charge in [0.2, 0.25) is 0 Å². The van der Waals surface area contributed by atoms with E-state index < -0.39 is 0 Å². The van der Waals surface area contributed by atoms with E-state index in [0.29, 0.717) is 0 Å². The molecule has 1 aromatic heterocycles. The lowest BCUT2D eigenvalue weighted by molar-refractivity contribution is 0.308. The smallest absolute Gasteiger partial charge is 0.119 e. The lowest BCUT2D eigenvalue weighted by Crippen LogP contribution is -2.16. The topological polar surface area (TPSA) is 34.1 Å². The summed E-state index contributed by atoms with van der Waals surface area (Å²) in [4.78, 5) is 4.40. The van der Waals surface area contributed by atoms with Crippen molar-refractivity contribution in [3.8, 4) is 5.75 Å². The minimum absolute atomic E-state index is 0.744. The fraction of sp³-hybridized carbons (Fsp3) is 0.357. The van der Waals surface area contributed by atoms with Crippen molar-refractivity contribution in [3.05, 3.63) is 46.4 Å². The molecule has 0 spiro atoms. The number of aryl methyl sites for hydroxylation is 1. The maximum absolute atomic E-state index is 5.61. The fourth-order valence-electron chi connectivity index (χ4n) is 1.58. The van der Waals surface area contributed by atoms with E-state index >= 15 is 0 Å². The Morgan fingerprint density at radius 3 is 2.83 bits per heavy atom. The largest absolute Gasteiger partial charge is 0.494 e. The number of nitrogens with zero attached hydrogens (tertiary/aromatic N) is 1. The third-order valence-corrected chi connectivity index (χ3v) is 3.42. The molecule has 18 heavy (non-hydrogen) atoms. The van der Waals surface area contributed by atoms with Gasteiger partial charge in [0.1, 0.15) is 10.8 Å². The Kier molecular flexibility index (Phi) is 5.17. The van der Waals surface area contributed by atoms with Crippen molar-refractivity contribution in [1.82, 2.24) is 10.3 Å². The van der Waals surface area contributed by atoms with Crippen molar-refractivity contribution in [1.29, 1.82) is 0 Å². The molecule has 0 aliphatic heterocycles. The first kappa shape index (κ1) is 13.1. The summed E-state index contributed by atoms with van der Waals surface area (Å²) >= 11 is 1.71. The zero-order chi connectivity index (χ0) is 12.6. The number of hydrogen-bond donors (Lipinski definition) is 1. The van der Waals surface area contributed by atoms with Crippen molar-refractivity contribution in [3.63, 3.8) is 0 Å². The molecule has 0 aliphatic rings. The normalized spacial score (nSPS) is 10.5. The Hall–Kier alpha value is -1.39. The van der Waals surface area contributed by atoms with Gasteiger partial charge in [-0.05, 0) is 32.0 Å². The van der Waals surface area contributed by atoms with Gasteiger partial charge in [-0.1, -0.05) is 18.2 Å². The second-order valence-electron chi connectivity index (χ2n) is 4.07. The molecule has 0 amide bonds. The number of nitrogens with one attached hydrogen (secondary N) is 1. The minimum Gasteiger partial charge on any atom is -0.494 e. The molecule has 1 heterocycles. The summed E-state index contributed by atoms with van der Waals surface area (Å²) in [5.41, 5.74) is 1.10. The standard InChI is InChI=1S/C14H18N2OS/c1-12-11-18-14(16-12)10-15-8-5-9-17-13-6-3-2-4-7-13/h2-4,6-7,11,15H,5,8-10H2,1H3. The van der Waals surface area contributed by atoms with Crippen LogP contribution in [0.5, 0.6) is 5.75 Å². The van der Waals surface area contributed by atoms with Crippen LogP contribution >= 0.6 is 11.3 Å². The number of hydrogen-bond acceptors (Lipinski definition) is 4. The summed E-state index contributed by atoms with van der Waals surface area (Å²) in [6.45, 7) is 4.57. The van der Waals surface area contributed by atoms with Gasteiger partial charge in [0.15, 0.2) is 0 Å². The van der Waals surface area contributed by atoms with Gasteiger partial charge in [-0.15, -0.1) is 11.3 Å². The second kappa shape index (κ2) is 7.13. The Labute approximate surface area is 112 Å². The van der Waals surface area contributed by atoms with E-state index in [9.17, 15) is 0 Å². The Balaban J connectivity index is 1.54. The Morgan fingerprint density at radius 1 is 1.28 bits per heavy atom. The SMILES string of the molecule is Cc1csc(CNCCCOc2ccccc2)n1. The molecule has 0 fully saturated rings. The first-order chi connectivity index (χ1) is 8.84. The zero-order valence-corrected chi connectivity index (χ0v) is 11.4. The minimum atomic E-state index is 0.744. The molecular formula is C14H18N2OS. The quantitative estimate of drug-likeness (QED) is 0.779. The van der Waals surface area contributed by atoms with Crippen LogP contribution in [-0.4, -0.2) is 18.1 Å². The van der Waals surface area contributed by atoms with Crippen LogP contribution < -0.4 is 10.1 Å². The molecular weight excluding hydrogens is 244 g/mol. The number of para-hydroxylation sites is 1. The van der Waals surface area contributed by atoms with Crippen LogP contribution in [0, 0.1) is 6.92 Å². The van der Waals surface area contributed by atoms with Crippen LogP contribution in [0.1, 0.15) is 17.1 Å². The third-order valence-electron chi connectivity index (χ3n) is 2.45. The molecule has 1 N–H and O–H groups in total. The van der Waals surface area contributed by atoms with Crippen LogP contribution in [0.2, 0.25) is 0 Å². The molecule has 0 atom stereocenters. The van der Waals surface area contributed by atoms with Gasteiger partial charge in [0.25, 0.3) is 0 Å². The molecule has 2 rings (SSSR count). The molecule has 0 bridgehead atoms. The molecule has 4 heteroatoms. The highest BCUT2D eigenvalue weighted by Gasteiger charge is 1.97. The molecule has 0 unspecified atom stereocenters. The molecule has 0 saturated carbocycles. The second-order valence-corrected chi connectivity index (χ2v) is 5.02. The van der Waals surface area contributed by atoms with E-state index in [1.807, 2.05) is 37.3 Å². The number of benzene rings is 1. The van der Waals surface area contributed by atoms with E-state index in [0.717, 1.165) is 42.6 Å². The van der Waals surface area contributed by atoms with Gasteiger partial charge in [-0.2, -0.15) is 0 Å². The monoisotopic (exact) mass is 262 g/mol. The van der Waals surface area contributed by atoms with Crippen LogP contribution in [0.3, 0.4) is 0 Å². The highest BCUT2D eigenvalue weighted by atomic mass is 32.1. The predicted octanol–water partition coefficient (Wildman–Crippen LogP) is 3.01. The van der Waals surface area contributed by atoms with Gasteiger partial charge >= 0.3 is 0 Å². The highest BCUT2D eigenvalue weighted by Crippen LogP contribution is 2.09. The molecule has 1 aromatic carbocycles. The summed E-state index contributed by atoms with van der Waals surface area (Å²) < 4.78 is 5.61. The molecule has 0 radical (unpaired) electrons. The molecule has 0 saturated heterocycles. The first-order valence-corrected chi connectivity index (χ1v) is 7.02. The van der Waals surface area contributed by atoms with Crippen molar-refractivity contribution in [2.75, 3.05) is 13.2 Å². The first-order valence-electron chi connectivity index (χ1n) is 6.14. The van der Waals surface area contributed by atoms with E-state index in [-0.39, 0.29) is 0 Å². The van der Waals surface area contributed by atoms with E-state index in [1.54, 1.807) is 11.3 Å². The van der Waals surface area contributed by atoms with E-state index in [1.165, 1.54) is 0 Å². The van der Waals surface area contributed by atoms with Gasteiger partial charge in [-0.25, -0.2) is 4.98 Å².